The molecule has 0 spiro atoms. The van der Waals surface area contributed by atoms with Crippen LogP contribution in [0.15, 0.2) is 60.0 Å². The molecule has 4 rings (SSSR count). The monoisotopic (exact) mass is 347 g/mol. The van der Waals surface area contributed by atoms with Crippen molar-refractivity contribution in [1.82, 2.24) is 24.5 Å². The van der Waals surface area contributed by atoms with Crippen LogP contribution in [-0.4, -0.2) is 24.5 Å². The minimum Gasteiger partial charge on any atom is -0.302 e. The third-order valence-corrected chi connectivity index (χ3v) is 4.26. The lowest BCUT2D eigenvalue weighted by Crippen LogP contribution is -2.17. The zero-order valence-electron chi connectivity index (χ0n) is 13.4. The quantitative estimate of drug-likeness (QED) is 0.518. The molecule has 0 bridgehead atoms. The van der Waals surface area contributed by atoms with E-state index in [0.29, 0.717) is 22.3 Å². The Balaban J connectivity index is 2.07. The first-order chi connectivity index (χ1) is 12.1. The van der Waals surface area contributed by atoms with Crippen LogP contribution < -0.4 is 11.0 Å². The zero-order valence-corrected chi connectivity index (χ0v) is 14.6. The normalized spacial score (nSPS) is 11.0. The Morgan fingerprint density at radius 2 is 1.96 bits per heavy atom. The number of hydrogen-bond acceptors (Lipinski definition) is 5. The van der Waals surface area contributed by atoms with Crippen molar-refractivity contribution in [3.8, 4) is 22.5 Å². The maximum atomic E-state index is 12.6. The van der Waals surface area contributed by atoms with Gasteiger partial charge in [0.05, 0.1) is 28.5 Å². The van der Waals surface area contributed by atoms with Crippen molar-refractivity contribution in [2.45, 2.75) is 0 Å². The molecule has 6 nitrogen and oxygen atoms in total. The SMILES string of the molecule is Cn1cnc2c(-c3cccnc3)nc(-c3ccc(P)nc3)cc2c1=O. The van der Waals surface area contributed by atoms with Crippen molar-refractivity contribution in [3.05, 3.63) is 65.6 Å². The first-order valence-corrected chi connectivity index (χ1v) is 8.20. The molecule has 0 saturated carbocycles. The Labute approximate surface area is 145 Å². The molecule has 7 heteroatoms. The molecule has 1 atom stereocenters. The highest BCUT2D eigenvalue weighted by Gasteiger charge is 2.14. The van der Waals surface area contributed by atoms with Crippen LogP contribution in [-0.2, 0) is 7.05 Å². The fourth-order valence-corrected chi connectivity index (χ4v) is 2.80. The Bertz CT molecular complexity index is 1120. The summed E-state index contributed by atoms with van der Waals surface area (Å²) in [6.07, 6.45) is 6.67. The smallest absolute Gasteiger partial charge is 0.261 e. The standard InChI is InChI=1S/C18H14N5OP/c1-23-10-21-17-13(18(23)24)7-14(11-4-5-15(25)20-9-11)22-16(17)12-3-2-6-19-8-12/h2-10H,25H2,1H3. The maximum Gasteiger partial charge on any atom is 0.261 e. The molecule has 1 unspecified atom stereocenters. The number of rotatable bonds is 2. The first-order valence-electron chi connectivity index (χ1n) is 7.62. The number of pyridine rings is 3. The van der Waals surface area contributed by atoms with Gasteiger partial charge in [0.1, 0.15) is 5.52 Å². The third kappa shape index (κ3) is 2.81. The second-order valence-corrected chi connectivity index (χ2v) is 6.22. The molecule has 4 aromatic rings. The van der Waals surface area contributed by atoms with Gasteiger partial charge in [0.2, 0.25) is 0 Å². The van der Waals surface area contributed by atoms with Gasteiger partial charge in [-0.2, -0.15) is 0 Å². The highest BCUT2D eigenvalue weighted by atomic mass is 31.0. The number of aryl methyl sites for hydroxylation is 1. The summed E-state index contributed by atoms with van der Waals surface area (Å²) in [6, 6.07) is 9.32. The van der Waals surface area contributed by atoms with Gasteiger partial charge < -0.3 is 4.57 Å². The lowest BCUT2D eigenvalue weighted by Gasteiger charge is -2.09. The van der Waals surface area contributed by atoms with Gasteiger partial charge in [0, 0.05) is 36.8 Å². The molecule has 0 aromatic carbocycles. The van der Waals surface area contributed by atoms with Crippen LogP contribution in [0.4, 0.5) is 0 Å². The predicted octanol–water partition coefficient (Wildman–Crippen LogP) is 1.95. The van der Waals surface area contributed by atoms with Crippen molar-refractivity contribution >= 4 is 25.6 Å². The Morgan fingerprint density at radius 1 is 1.08 bits per heavy atom. The Kier molecular flexibility index (Phi) is 3.82. The van der Waals surface area contributed by atoms with Crippen LogP contribution in [0.25, 0.3) is 33.4 Å². The maximum absolute atomic E-state index is 12.6. The number of hydrogen-bond donors (Lipinski definition) is 0. The summed E-state index contributed by atoms with van der Waals surface area (Å²) in [7, 11) is 4.23. The summed E-state index contributed by atoms with van der Waals surface area (Å²) < 4.78 is 1.46. The summed E-state index contributed by atoms with van der Waals surface area (Å²) in [5.74, 6) is 0. The number of fused-ring (bicyclic) bond motifs is 1. The van der Waals surface area contributed by atoms with Gasteiger partial charge in [0.25, 0.3) is 5.56 Å². The van der Waals surface area contributed by atoms with Crippen LogP contribution >= 0.6 is 9.24 Å². The molecule has 0 N–H and O–H groups in total. The van der Waals surface area contributed by atoms with E-state index < -0.39 is 0 Å². The molecular weight excluding hydrogens is 333 g/mol. The highest BCUT2D eigenvalue weighted by Crippen LogP contribution is 2.27. The molecule has 122 valence electrons. The summed E-state index contributed by atoms with van der Waals surface area (Å²) in [5.41, 5.74) is 4.25. The van der Waals surface area contributed by atoms with Crippen LogP contribution in [0.1, 0.15) is 0 Å². The first kappa shape index (κ1) is 15.5. The summed E-state index contributed by atoms with van der Waals surface area (Å²) in [5, 5.41) is 0.517. The average molecular weight is 347 g/mol. The second-order valence-electron chi connectivity index (χ2n) is 5.63. The van der Waals surface area contributed by atoms with Gasteiger partial charge >= 0.3 is 0 Å². The molecule has 0 amide bonds. The van der Waals surface area contributed by atoms with E-state index in [4.69, 9.17) is 4.98 Å². The minimum absolute atomic E-state index is 0.116. The second kappa shape index (κ2) is 6.15. The van der Waals surface area contributed by atoms with Gasteiger partial charge in [-0.1, -0.05) is 9.24 Å². The molecule has 25 heavy (non-hydrogen) atoms. The van der Waals surface area contributed by atoms with Gasteiger partial charge in [-0.3, -0.25) is 14.8 Å². The minimum atomic E-state index is -0.116. The van der Waals surface area contributed by atoms with Crippen molar-refractivity contribution in [2.24, 2.45) is 7.05 Å². The molecule has 0 fully saturated rings. The van der Waals surface area contributed by atoms with Crippen molar-refractivity contribution < 1.29 is 0 Å². The summed E-state index contributed by atoms with van der Waals surface area (Å²) >= 11 is 0. The van der Waals surface area contributed by atoms with E-state index in [1.165, 1.54) is 10.9 Å². The van der Waals surface area contributed by atoms with E-state index >= 15 is 0 Å². The van der Waals surface area contributed by atoms with Gasteiger partial charge in [-0.25, -0.2) is 9.97 Å². The van der Waals surface area contributed by atoms with Crippen molar-refractivity contribution in [3.63, 3.8) is 0 Å². The van der Waals surface area contributed by atoms with Crippen LogP contribution in [0, 0.1) is 0 Å². The van der Waals surface area contributed by atoms with Crippen LogP contribution in [0.2, 0.25) is 0 Å². The molecule has 0 saturated heterocycles. The third-order valence-electron chi connectivity index (χ3n) is 3.92. The largest absolute Gasteiger partial charge is 0.302 e. The van der Waals surface area contributed by atoms with Gasteiger partial charge in [0.15, 0.2) is 0 Å². The fraction of sp³-hybridized carbons (Fsp3) is 0.0556. The Morgan fingerprint density at radius 3 is 2.68 bits per heavy atom. The lowest BCUT2D eigenvalue weighted by atomic mass is 10.1. The molecule has 0 aliphatic rings. The van der Waals surface area contributed by atoms with Gasteiger partial charge in [-0.15, -0.1) is 0 Å². The van der Waals surface area contributed by atoms with E-state index in [1.807, 2.05) is 24.3 Å². The molecule has 0 radical (unpaired) electrons. The fourth-order valence-electron chi connectivity index (χ4n) is 2.63. The molecule has 4 aromatic heterocycles. The van der Waals surface area contributed by atoms with E-state index in [0.717, 1.165) is 16.6 Å². The number of aromatic nitrogens is 5. The average Bonchev–Trinajstić information content (AvgIpc) is 2.65. The molecule has 0 aliphatic heterocycles. The molecule has 4 heterocycles. The summed E-state index contributed by atoms with van der Waals surface area (Å²) in [4.78, 5) is 30.2. The molecule has 0 aliphatic carbocycles. The topological polar surface area (TPSA) is 73.6 Å². The van der Waals surface area contributed by atoms with E-state index in [9.17, 15) is 4.79 Å². The zero-order chi connectivity index (χ0) is 17.4. The van der Waals surface area contributed by atoms with Gasteiger partial charge in [-0.05, 0) is 30.3 Å². The lowest BCUT2D eigenvalue weighted by molar-refractivity contribution is 0.842. The van der Waals surface area contributed by atoms with E-state index in [1.54, 1.807) is 31.7 Å². The van der Waals surface area contributed by atoms with Crippen molar-refractivity contribution in [1.29, 1.82) is 0 Å². The van der Waals surface area contributed by atoms with Crippen LogP contribution in [0.3, 0.4) is 0 Å². The van der Waals surface area contributed by atoms with Crippen LogP contribution in [0.5, 0.6) is 0 Å². The Hall–Kier alpha value is -2.98. The van der Waals surface area contributed by atoms with E-state index in [2.05, 4.69) is 24.2 Å². The highest BCUT2D eigenvalue weighted by molar-refractivity contribution is 7.26. The predicted molar refractivity (Wildman–Crippen MR) is 101 cm³/mol. The summed E-state index contributed by atoms with van der Waals surface area (Å²) in [6.45, 7) is 0. The van der Waals surface area contributed by atoms with E-state index in [-0.39, 0.29) is 5.56 Å². The molecular formula is C18H14N5OP. The number of nitrogens with zero attached hydrogens (tertiary/aromatic N) is 5. The van der Waals surface area contributed by atoms with Crippen molar-refractivity contribution in [2.75, 3.05) is 0 Å².